The Morgan fingerprint density at radius 2 is 2.00 bits per heavy atom. The van der Waals surface area contributed by atoms with Gasteiger partial charge in [0.1, 0.15) is 0 Å². The molecule has 0 aliphatic heterocycles. The Labute approximate surface area is 130 Å². The highest BCUT2D eigenvalue weighted by Crippen LogP contribution is 2.18. The van der Waals surface area contributed by atoms with Crippen LogP contribution in [0.15, 0.2) is 53.1 Å². The van der Waals surface area contributed by atoms with Gasteiger partial charge in [0.05, 0.1) is 17.3 Å². The van der Waals surface area contributed by atoms with E-state index in [1.54, 1.807) is 18.1 Å². The summed E-state index contributed by atoms with van der Waals surface area (Å²) in [6, 6.07) is 13.6. The number of aromatic amines is 1. The maximum atomic E-state index is 12.6. The molecule has 0 fully saturated rings. The summed E-state index contributed by atoms with van der Waals surface area (Å²) in [7, 11) is 1.81. The van der Waals surface area contributed by atoms with Crippen molar-refractivity contribution in [3.63, 3.8) is 0 Å². The SMILES string of the molecule is CN(Cc1ccc(Br)cc1)C(=O)c1cccc2cn[nH]c12. The lowest BCUT2D eigenvalue weighted by molar-refractivity contribution is 0.0787. The lowest BCUT2D eigenvalue weighted by Gasteiger charge is -2.17. The highest BCUT2D eigenvalue weighted by molar-refractivity contribution is 9.10. The van der Waals surface area contributed by atoms with Crippen LogP contribution in [0.25, 0.3) is 10.9 Å². The quantitative estimate of drug-likeness (QED) is 0.789. The molecule has 0 aliphatic carbocycles. The molecule has 21 heavy (non-hydrogen) atoms. The molecule has 0 spiro atoms. The van der Waals surface area contributed by atoms with Gasteiger partial charge in [0.15, 0.2) is 0 Å². The number of amides is 1. The first-order valence-electron chi connectivity index (χ1n) is 6.57. The van der Waals surface area contributed by atoms with E-state index >= 15 is 0 Å². The number of fused-ring (bicyclic) bond motifs is 1. The van der Waals surface area contributed by atoms with Crippen LogP contribution in [0.4, 0.5) is 0 Å². The van der Waals surface area contributed by atoms with Crippen molar-refractivity contribution in [1.82, 2.24) is 15.1 Å². The van der Waals surface area contributed by atoms with Crippen molar-refractivity contribution in [3.05, 3.63) is 64.3 Å². The fraction of sp³-hybridized carbons (Fsp3) is 0.125. The molecule has 0 aliphatic rings. The number of nitrogens with zero attached hydrogens (tertiary/aromatic N) is 2. The topological polar surface area (TPSA) is 49.0 Å². The molecule has 5 heteroatoms. The highest BCUT2D eigenvalue weighted by atomic mass is 79.9. The van der Waals surface area contributed by atoms with E-state index in [0.717, 1.165) is 20.9 Å². The van der Waals surface area contributed by atoms with Gasteiger partial charge < -0.3 is 4.90 Å². The van der Waals surface area contributed by atoms with Gasteiger partial charge in [0.2, 0.25) is 0 Å². The Hall–Kier alpha value is -2.14. The summed E-state index contributed by atoms with van der Waals surface area (Å²) in [5, 5.41) is 7.83. The van der Waals surface area contributed by atoms with Crippen LogP contribution >= 0.6 is 15.9 Å². The third-order valence-corrected chi connectivity index (χ3v) is 3.92. The lowest BCUT2D eigenvalue weighted by Crippen LogP contribution is -2.26. The molecule has 3 aromatic rings. The van der Waals surface area contributed by atoms with E-state index in [1.165, 1.54) is 0 Å². The molecule has 0 unspecified atom stereocenters. The largest absolute Gasteiger partial charge is 0.337 e. The Morgan fingerprint density at radius 3 is 2.76 bits per heavy atom. The standard InChI is InChI=1S/C16H14BrN3O/c1-20(10-11-5-7-13(17)8-6-11)16(21)14-4-2-3-12-9-18-19-15(12)14/h2-9H,10H2,1H3,(H,18,19). The zero-order chi connectivity index (χ0) is 14.8. The van der Waals surface area contributed by atoms with E-state index < -0.39 is 0 Å². The van der Waals surface area contributed by atoms with E-state index in [2.05, 4.69) is 26.1 Å². The van der Waals surface area contributed by atoms with Gasteiger partial charge in [-0.05, 0) is 23.8 Å². The van der Waals surface area contributed by atoms with Crippen molar-refractivity contribution in [2.24, 2.45) is 0 Å². The second-order valence-corrected chi connectivity index (χ2v) is 5.84. The van der Waals surface area contributed by atoms with Gasteiger partial charge in [0, 0.05) is 23.5 Å². The predicted molar refractivity (Wildman–Crippen MR) is 86.0 cm³/mol. The van der Waals surface area contributed by atoms with Gasteiger partial charge in [-0.25, -0.2) is 0 Å². The monoisotopic (exact) mass is 343 g/mol. The summed E-state index contributed by atoms with van der Waals surface area (Å²) in [5.74, 6) is -0.0206. The third-order valence-electron chi connectivity index (χ3n) is 3.39. The number of rotatable bonds is 3. The van der Waals surface area contributed by atoms with Crippen LogP contribution in [0.2, 0.25) is 0 Å². The second kappa shape index (κ2) is 5.69. The molecule has 1 aromatic heterocycles. The Kier molecular flexibility index (Phi) is 3.75. The van der Waals surface area contributed by atoms with Crippen LogP contribution in [0, 0.1) is 0 Å². The third kappa shape index (κ3) is 2.83. The van der Waals surface area contributed by atoms with Crippen LogP contribution in [-0.4, -0.2) is 28.1 Å². The fourth-order valence-electron chi connectivity index (χ4n) is 2.29. The number of carbonyl (C=O) groups is 1. The first-order chi connectivity index (χ1) is 10.1. The smallest absolute Gasteiger partial charge is 0.256 e. The first-order valence-corrected chi connectivity index (χ1v) is 7.36. The molecule has 1 N–H and O–H groups in total. The second-order valence-electron chi connectivity index (χ2n) is 4.93. The number of hydrogen-bond acceptors (Lipinski definition) is 2. The average molecular weight is 344 g/mol. The number of benzene rings is 2. The van der Waals surface area contributed by atoms with Gasteiger partial charge in [-0.3, -0.25) is 9.89 Å². The van der Waals surface area contributed by atoms with Crippen molar-refractivity contribution >= 4 is 32.7 Å². The fourth-order valence-corrected chi connectivity index (χ4v) is 2.55. The van der Waals surface area contributed by atoms with Crippen LogP contribution in [0.3, 0.4) is 0 Å². The number of H-pyrrole nitrogens is 1. The summed E-state index contributed by atoms with van der Waals surface area (Å²) in [6.07, 6.45) is 1.72. The van der Waals surface area contributed by atoms with E-state index in [0.29, 0.717) is 12.1 Å². The van der Waals surface area contributed by atoms with Crippen LogP contribution in [0.1, 0.15) is 15.9 Å². The Balaban J connectivity index is 1.84. The van der Waals surface area contributed by atoms with Gasteiger partial charge >= 0.3 is 0 Å². The molecule has 4 nitrogen and oxygen atoms in total. The number of para-hydroxylation sites is 1. The van der Waals surface area contributed by atoms with E-state index in [9.17, 15) is 4.79 Å². The first kappa shape index (κ1) is 13.8. The maximum absolute atomic E-state index is 12.6. The Bertz CT molecular complexity index is 780. The highest BCUT2D eigenvalue weighted by Gasteiger charge is 2.15. The summed E-state index contributed by atoms with van der Waals surface area (Å²) in [6.45, 7) is 0.566. The molecule has 0 bridgehead atoms. The van der Waals surface area contributed by atoms with Gasteiger partial charge in [-0.1, -0.05) is 40.2 Å². The lowest BCUT2D eigenvalue weighted by atomic mass is 10.1. The molecule has 0 saturated carbocycles. The molecule has 1 amide bonds. The molecule has 106 valence electrons. The molecule has 0 saturated heterocycles. The minimum atomic E-state index is -0.0206. The zero-order valence-corrected chi connectivity index (χ0v) is 13.1. The average Bonchev–Trinajstić information content (AvgIpc) is 2.97. The van der Waals surface area contributed by atoms with E-state index in [1.807, 2.05) is 42.5 Å². The van der Waals surface area contributed by atoms with Crippen LogP contribution in [0.5, 0.6) is 0 Å². The van der Waals surface area contributed by atoms with Crippen LogP contribution in [-0.2, 0) is 6.54 Å². The van der Waals surface area contributed by atoms with Crippen molar-refractivity contribution in [2.45, 2.75) is 6.54 Å². The number of hydrogen-bond donors (Lipinski definition) is 1. The van der Waals surface area contributed by atoms with Crippen molar-refractivity contribution in [3.8, 4) is 0 Å². The van der Waals surface area contributed by atoms with Gasteiger partial charge in [0.25, 0.3) is 5.91 Å². The van der Waals surface area contributed by atoms with Gasteiger partial charge in [-0.2, -0.15) is 5.10 Å². The van der Waals surface area contributed by atoms with Crippen LogP contribution < -0.4 is 0 Å². The minimum absolute atomic E-state index is 0.0206. The predicted octanol–water partition coefficient (Wildman–Crippen LogP) is 3.60. The zero-order valence-electron chi connectivity index (χ0n) is 11.5. The van der Waals surface area contributed by atoms with E-state index in [-0.39, 0.29) is 5.91 Å². The number of halogens is 1. The molecule has 1 heterocycles. The molecule has 2 aromatic carbocycles. The van der Waals surface area contributed by atoms with Crippen molar-refractivity contribution in [1.29, 1.82) is 0 Å². The molecule has 3 rings (SSSR count). The molecular weight excluding hydrogens is 330 g/mol. The maximum Gasteiger partial charge on any atom is 0.256 e. The molecular formula is C16H14BrN3O. The molecule has 0 atom stereocenters. The van der Waals surface area contributed by atoms with E-state index in [4.69, 9.17) is 0 Å². The van der Waals surface area contributed by atoms with Crippen molar-refractivity contribution < 1.29 is 4.79 Å². The summed E-state index contributed by atoms with van der Waals surface area (Å²) in [4.78, 5) is 14.3. The summed E-state index contributed by atoms with van der Waals surface area (Å²) < 4.78 is 1.03. The Morgan fingerprint density at radius 1 is 1.24 bits per heavy atom. The normalized spacial score (nSPS) is 10.8. The summed E-state index contributed by atoms with van der Waals surface area (Å²) in [5.41, 5.74) is 2.51. The van der Waals surface area contributed by atoms with Gasteiger partial charge in [-0.15, -0.1) is 0 Å². The number of nitrogens with one attached hydrogen (secondary N) is 1. The summed E-state index contributed by atoms with van der Waals surface area (Å²) >= 11 is 3.41. The van der Waals surface area contributed by atoms with Crippen molar-refractivity contribution in [2.75, 3.05) is 7.05 Å². The molecule has 0 radical (unpaired) electrons. The number of aromatic nitrogens is 2. The number of carbonyl (C=O) groups excluding carboxylic acids is 1. The minimum Gasteiger partial charge on any atom is -0.337 e.